The summed E-state index contributed by atoms with van der Waals surface area (Å²) in [6.07, 6.45) is 5.13. The lowest BCUT2D eigenvalue weighted by Gasteiger charge is -2.07. The zero-order valence-electron chi connectivity index (χ0n) is 9.86. The van der Waals surface area contributed by atoms with Crippen molar-refractivity contribution in [3.05, 3.63) is 11.3 Å². The minimum atomic E-state index is -0.964. The zero-order valence-corrected chi connectivity index (χ0v) is 10.7. The van der Waals surface area contributed by atoms with Crippen LogP contribution in [-0.4, -0.2) is 38.9 Å². The summed E-state index contributed by atoms with van der Waals surface area (Å²) in [6, 6.07) is 0. The highest BCUT2D eigenvalue weighted by Crippen LogP contribution is 2.18. The SMILES string of the molecule is C#CCSCCNc1c(C(=O)O)c(C)nn1C. The molecular formula is C11H15N3O2S. The maximum atomic E-state index is 11.1. The largest absolute Gasteiger partial charge is 0.477 e. The summed E-state index contributed by atoms with van der Waals surface area (Å²) < 4.78 is 1.55. The Morgan fingerprint density at radius 3 is 3.00 bits per heavy atom. The molecule has 92 valence electrons. The minimum absolute atomic E-state index is 0.231. The van der Waals surface area contributed by atoms with E-state index in [-0.39, 0.29) is 5.56 Å². The number of carboxylic acid groups (broad SMARTS) is 1. The average molecular weight is 253 g/mol. The Morgan fingerprint density at radius 2 is 2.41 bits per heavy atom. The highest BCUT2D eigenvalue weighted by Gasteiger charge is 2.18. The lowest BCUT2D eigenvalue weighted by Crippen LogP contribution is -2.11. The van der Waals surface area contributed by atoms with Crippen LogP contribution in [0.1, 0.15) is 16.1 Å². The predicted octanol–water partition coefficient (Wildman–Crippen LogP) is 1.21. The van der Waals surface area contributed by atoms with Crippen molar-refractivity contribution in [3.8, 4) is 12.3 Å². The van der Waals surface area contributed by atoms with E-state index in [1.54, 1.807) is 30.4 Å². The van der Waals surface area contributed by atoms with Crippen LogP contribution in [0, 0.1) is 19.3 Å². The normalized spacial score (nSPS) is 9.94. The van der Waals surface area contributed by atoms with E-state index in [0.29, 0.717) is 23.8 Å². The summed E-state index contributed by atoms with van der Waals surface area (Å²) in [5.74, 6) is 3.60. The maximum Gasteiger partial charge on any atom is 0.341 e. The quantitative estimate of drug-likeness (QED) is 0.589. The van der Waals surface area contributed by atoms with Gasteiger partial charge in [-0.05, 0) is 6.92 Å². The summed E-state index contributed by atoms with van der Waals surface area (Å²) in [4.78, 5) is 11.1. The molecule has 0 bridgehead atoms. The van der Waals surface area contributed by atoms with E-state index in [0.717, 1.165) is 5.75 Å². The Morgan fingerprint density at radius 1 is 1.71 bits per heavy atom. The predicted molar refractivity (Wildman–Crippen MR) is 69.6 cm³/mol. The Hall–Kier alpha value is -1.61. The molecule has 0 radical (unpaired) electrons. The molecule has 1 heterocycles. The number of anilines is 1. The van der Waals surface area contributed by atoms with Crippen LogP contribution >= 0.6 is 11.8 Å². The van der Waals surface area contributed by atoms with E-state index in [4.69, 9.17) is 11.5 Å². The molecule has 2 N–H and O–H groups in total. The van der Waals surface area contributed by atoms with Gasteiger partial charge in [0, 0.05) is 19.3 Å². The van der Waals surface area contributed by atoms with Gasteiger partial charge < -0.3 is 10.4 Å². The summed E-state index contributed by atoms with van der Waals surface area (Å²) in [7, 11) is 1.72. The number of rotatable bonds is 6. The van der Waals surface area contributed by atoms with Gasteiger partial charge in [-0.2, -0.15) is 5.10 Å². The number of thioether (sulfide) groups is 1. The van der Waals surface area contributed by atoms with Crippen molar-refractivity contribution in [2.75, 3.05) is 23.4 Å². The van der Waals surface area contributed by atoms with Crippen LogP contribution in [-0.2, 0) is 7.05 Å². The fourth-order valence-corrected chi connectivity index (χ4v) is 2.00. The first-order chi connectivity index (χ1) is 8.07. The van der Waals surface area contributed by atoms with Crippen molar-refractivity contribution < 1.29 is 9.90 Å². The molecular weight excluding hydrogens is 238 g/mol. The van der Waals surface area contributed by atoms with E-state index in [1.165, 1.54) is 0 Å². The number of hydrogen-bond donors (Lipinski definition) is 2. The molecule has 1 rings (SSSR count). The fraction of sp³-hybridized carbons (Fsp3) is 0.455. The number of carboxylic acids is 1. The van der Waals surface area contributed by atoms with Crippen LogP contribution in [0.5, 0.6) is 0 Å². The number of aromatic carboxylic acids is 1. The van der Waals surface area contributed by atoms with E-state index >= 15 is 0 Å². The second-order valence-corrected chi connectivity index (χ2v) is 4.53. The third-order valence-electron chi connectivity index (χ3n) is 2.16. The van der Waals surface area contributed by atoms with Crippen molar-refractivity contribution in [3.63, 3.8) is 0 Å². The highest BCUT2D eigenvalue weighted by atomic mass is 32.2. The first kappa shape index (κ1) is 13.5. The van der Waals surface area contributed by atoms with Gasteiger partial charge in [-0.15, -0.1) is 18.2 Å². The molecule has 0 fully saturated rings. The van der Waals surface area contributed by atoms with E-state index in [9.17, 15) is 4.79 Å². The van der Waals surface area contributed by atoms with Gasteiger partial charge >= 0.3 is 5.97 Å². The average Bonchev–Trinajstić information content (AvgIpc) is 2.53. The van der Waals surface area contributed by atoms with Crippen LogP contribution in [0.2, 0.25) is 0 Å². The summed E-state index contributed by atoms with van der Waals surface area (Å²) in [5, 5.41) is 16.2. The molecule has 0 saturated heterocycles. The zero-order chi connectivity index (χ0) is 12.8. The van der Waals surface area contributed by atoms with Crippen LogP contribution in [0.25, 0.3) is 0 Å². The number of aromatic nitrogens is 2. The lowest BCUT2D eigenvalue weighted by molar-refractivity contribution is 0.0697. The summed E-state index contributed by atoms with van der Waals surface area (Å²) >= 11 is 1.62. The fourth-order valence-electron chi connectivity index (χ4n) is 1.49. The number of nitrogens with one attached hydrogen (secondary N) is 1. The van der Waals surface area contributed by atoms with Crippen molar-refractivity contribution in [1.82, 2.24) is 9.78 Å². The van der Waals surface area contributed by atoms with Crippen molar-refractivity contribution in [1.29, 1.82) is 0 Å². The van der Waals surface area contributed by atoms with Gasteiger partial charge in [0.05, 0.1) is 11.4 Å². The minimum Gasteiger partial charge on any atom is -0.477 e. The van der Waals surface area contributed by atoms with Crippen molar-refractivity contribution >= 4 is 23.5 Å². The molecule has 1 aromatic heterocycles. The third-order valence-corrected chi connectivity index (χ3v) is 3.02. The standard InChI is InChI=1S/C11H15N3O2S/c1-4-6-17-7-5-12-10-9(11(15)16)8(2)13-14(10)3/h1,12H,5-7H2,2-3H3,(H,15,16). The van der Waals surface area contributed by atoms with E-state index < -0.39 is 5.97 Å². The first-order valence-corrected chi connectivity index (χ1v) is 6.25. The number of terminal acetylenes is 1. The molecule has 1 aromatic rings. The second-order valence-electron chi connectivity index (χ2n) is 3.42. The van der Waals surface area contributed by atoms with Crippen LogP contribution in [0.15, 0.2) is 0 Å². The third kappa shape index (κ3) is 3.43. The highest BCUT2D eigenvalue weighted by molar-refractivity contribution is 7.99. The summed E-state index contributed by atoms with van der Waals surface area (Å²) in [6.45, 7) is 2.34. The van der Waals surface area contributed by atoms with E-state index in [2.05, 4.69) is 16.3 Å². The number of carbonyl (C=O) groups is 1. The number of hydrogen-bond acceptors (Lipinski definition) is 4. The van der Waals surface area contributed by atoms with E-state index in [1.807, 2.05) is 0 Å². The Labute approximate surface area is 105 Å². The molecule has 0 aliphatic rings. The molecule has 5 nitrogen and oxygen atoms in total. The van der Waals surface area contributed by atoms with Gasteiger partial charge in [-0.25, -0.2) is 4.79 Å². The molecule has 0 amide bonds. The molecule has 0 aliphatic carbocycles. The molecule has 6 heteroatoms. The molecule has 0 unspecified atom stereocenters. The van der Waals surface area contributed by atoms with Crippen LogP contribution in [0.4, 0.5) is 5.82 Å². The topological polar surface area (TPSA) is 67.2 Å². The number of nitrogens with zero attached hydrogens (tertiary/aromatic N) is 2. The molecule has 0 atom stereocenters. The lowest BCUT2D eigenvalue weighted by atomic mass is 10.2. The smallest absolute Gasteiger partial charge is 0.341 e. The van der Waals surface area contributed by atoms with Crippen LogP contribution in [0.3, 0.4) is 0 Å². The van der Waals surface area contributed by atoms with Gasteiger partial charge in [0.2, 0.25) is 0 Å². The van der Waals surface area contributed by atoms with Crippen molar-refractivity contribution in [2.24, 2.45) is 7.05 Å². The second kappa shape index (κ2) is 6.21. The Kier molecular flexibility index (Phi) is 4.91. The number of aryl methyl sites for hydroxylation is 2. The van der Waals surface area contributed by atoms with Gasteiger partial charge in [-0.3, -0.25) is 4.68 Å². The molecule has 0 aromatic carbocycles. The Bertz CT molecular complexity index is 448. The van der Waals surface area contributed by atoms with Gasteiger partial charge in [0.1, 0.15) is 11.4 Å². The Balaban J connectivity index is 2.64. The first-order valence-electron chi connectivity index (χ1n) is 5.10. The molecule has 0 spiro atoms. The van der Waals surface area contributed by atoms with Gasteiger partial charge in [0.25, 0.3) is 0 Å². The molecule has 0 aliphatic heterocycles. The van der Waals surface area contributed by atoms with Crippen LogP contribution < -0.4 is 5.32 Å². The summed E-state index contributed by atoms with van der Waals surface area (Å²) in [5.41, 5.74) is 0.744. The van der Waals surface area contributed by atoms with Gasteiger partial charge in [0.15, 0.2) is 0 Å². The maximum absolute atomic E-state index is 11.1. The molecule has 0 saturated carbocycles. The monoisotopic (exact) mass is 253 g/mol. The molecule has 17 heavy (non-hydrogen) atoms. The van der Waals surface area contributed by atoms with Gasteiger partial charge in [-0.1, -0.05) is 5.92 Å². The van der Waals surface area contributed by atoms with Crippen molar-refractivity contribution in [2.45, 2.75) is 6.92 Å².